The van der Waals surface area contributed by atoms with Crippen LogP contribution in [0.3, 0.4) is 0 Å². The summed E-state index contributed by atoms with van der Waals surface area (Å²) in [5.74, 6) is 0.0635. The van der Waals surface area contributed by atoms with Crippen molar-refractivity contribution in [3.63, 3.8) is 0 Å². The lowest BCUT2D eigenvalue weighted by Gasteiger charge is -2.12. The first-order valence-corrected chi connectivity index (χ1v) is 6.00. The highest BCUT2D eigenvalue weighted by atomic mass is 16.6. The van der Waals surface area contributed by atoms with Gasteiger partial charge in [-0.2, -0.15) is 4.98 Å². The molecule has 1 aliphatic rings. The molecule has 0 spiro atoms. The minimum absolute atomic E-state index is 0.0155. The number of nitrogens with zero attached hydrogens (tertiary/aromatic N) is 3. The lowest BCUT2D eigenvalue weighted by atomic mass is 10.2. The number of aromatic nitrogens is 4. The molecule has 3 heterocycles. The molecule has 0 aromatic carbocycles. The number of ether oxygens (including phenoxy) is 2. The maximum absolute atomic E-state index is 11.7. The maximum atomic E-state index is 11.7. The number of nitrogens with two attached hydrogens (primary N) is 1. The quantitative estimate of drug-likeness (QED) is 0.792. The van der Waals surface area contributed by atoms with Crippen molar-refractivity contribution < 1.29 is 9.47 Å². The molecule has 1 aliphatic heterocycles. The van der Waals surface area contributed by atoms with Gasteiger partial charge in [-0.25, -0.2) is 4.98 Å². The molecule has 3 atom stereocenters. The van der Waals surface area contributed by atoms with Crippen LogP contribution in [-0.4, -0.2) is 38.8 Å². The van der Waals surface area contributed by atoms with Gasteiger partial charge in [-0.3, -0.25) is 14.3 Å². The standard InChI is InChI=1S/C11H15N5O3/c1-5-6(18-2)3-7(19-5)16-4-13-8-9(16)14-11(12)15-10(8)17/h4-7H,3H2,1-2H3,(H3,12,14,15,17)/t5-,6-,7-/m1/s1. The van der Waals surface area contributed by atoms with E-state index < -0.39 is 0 Å². The van der Waals surface area contributed by atoms with Crippen LogP contribution < -0.4 is 11.3 Å². The third kappa shape index (κ3) is 1.89. The Kier molecular flexibility index (Phi) is 2.76. The van der Waals surface area contributed by atoms with Crippen LogP contribution in [0.2, 0.25) is 0 Å². The van der Waals surface area contributed by atoms with E-state index in [0.717, 1.165) is 0 Å². The molecule has 8 nitrogen and oxygen atoms in total. The molecule has 0 unspecified atom stereocenters. The second kappa shape index (κ2) is 4.32. The number of nitrogen functional groups attached to an aromatic ring is 1. The number of fused-ring (bicyclic) bond motifs is 1. The molecular formula is C11H15N5O3. The monoisotopic (exact) mass is 265 g/mol. The SMILES string of the molecule is CO[C@@H]1C[C@H](n2cnc3c(=O)[nH]c(N)nc32)O[C@@H]1C. The van der Waals surface area contributed by atoms with Crippen LogP contribution >= 0.6 is 0 Å². The van der Waals surface area contributed by atoms with E-state index >= 15 is 0 Å². The molecule has 8 heteroatoms. The Morgan fingerprint density at radius 2 is 2.42 bits per heavy atom. The molecule has 2 aromatic rings. The van der Waals surface area contributed by atoms with E-state index in [1.807, 2.05) is 6.92 Å². The molecule has 3 N–H and O–H groups in total. The number of imidazole rings is 1. The first kappa shape index (κ1) is 12.1. The van der Waals surface area contributed by atoms with Crippen molar-refractivity contribution in [3.05, 3.63) is 16.7 Å². The number of rotatable bonds is 2. The van der Waals surface area contributed by atoms with Gasteiger partial charge in [-0.15, -0.1) is 0 Å². The predicted octanol–water partition coefficient (Wildman–Crippen LogP) is 0.0242. The van der Waals surface area contributed by atoms with Gasteiger partial charge in [0.05, 0.1) is 18.5 Å². The van der Waals surface area contributed by atoms with E-state index in [4.69, 9.17) is 15.2 Å². The fourth-order valence-corrected chi connectivity index (χ4v) is 2.40. The van der Waals surface area contributed by atoms with E-state index in [9.17, 15) is 4.79 Å². The van der Waals surface area contributed by atoms with Crippen molar-refractivity contribution in [2.45, 2.75) is 31.8 Å². The number of aromatic amines is 1. The second-order valence-corrected chi connectivity index (χ2v) is 4.58. The van der Waals surface area contributed by atoms with Crippen LogP contribution in [0.25, 0.3) is 11.2 Å². The first-order valence-electron chi connectivity index (χ1n) is 6.00. The highest BCUT2D eigenvalue weighted by Gasteiger charge is 2.34. The van der Waals surface area contributed by atoms with Gasteiger partial charge in [0.15, 0.2) is 11.2 Å². The lowest BCUT2D eigenvalue weighted by Crippen LogP contribution is -2.18. The Morgan fingerprint density at radius 1 is 1.63 bits per heavy atom. The van der Waals surface area contributed by atoms with Crippen LogP contribution in [0.4, 0.5) is 5.95 Å². The van der Waals surface area contributed by atoms with Gasteiger partial charge in [-0.05, 0) is 6.92 Å². The molecule has 0 radical (unpaired) electrons. The molecule has 0 aliphatic carbocycles. The molecule has 19 heavy (non-hydrogen) atoms. The fourth-order valence-electron chi connectivity index (χ4n) is 2.40. The highest BCUT2D eigenvalue weighted by molar-refractivity contribution is 5.70. The van der Waals surface area contributed by atoms with Crippen LogP contribution in [0.1, 0.15) is 19.6 Å². The van der Waals surface area contributed by atoms with Gasteiger partial charge in [0.2, 0.25) is 5.95 Å². The van der Waals surface area contributed by atoms with Gasteiger partial charge in [0.25, 0.3) is 5.56 Å². The maximum Gasteiger partial charge on any atom is 0.280 e. The summed E-state index contributed by atoms with van der Waals surface area (Å²) in [6.45, 7) is 1.95. The molecule has 3 rings (SSSR count). The summed E-state index contributed by atoms with van der Waals surface area (Å²) in [6.07, 6.45) is 1.96. The number of hydrogen-bond donors (Lipinski definition) is 2. The van der Waals surface area contributed by atoms with E-state index in [0.29, 0.717) is 12.1 Å². The molecule has 0 saturated carbocycles. The Hall–Kier alpha value is -1.93. The zero-order chi connectivity index (χ0) is 13.6. The summed E-state index contributed by atoms with van der Waals surface area (Å²) >= 11 is 0. The van der Waals surface area contributed by atoms with Gasteiger partial charge in [0.1, 0.15) is 6.23 Å². The van der Waals surface area contributed by atoms with Crippen LogP contribution in [0, 0.1) is 0 Å². The minimum atomic E-state index is -0.351. The molecule has 1 fully saturated rings. The highest BCUT2D eigenvalue weighted by Crippen LogP contribution is 2.31. The predicted molar refractivity (Wildman–Crippen MR) is 67.6 cm³/mol. The normalized spacial score (nSPS) is 27.2. The summed E-state index contributed by atoms with van der Waals surface area (Å²) in [6, 6.07) is 0. The Morgan fingerprint density at radius 3 is 3.11 bits per heavy atom. The zero-order valence-electron chi connectivity index (χ0n) is 10.7. The van der Waals surface area contributed by atoms with Crippen molar-refractivity contribution in [2.75, 3.05) is 12.8 Å². The summed E-state index contributed by atoms with van der Waals surface area (Å²) in [5.41, 5.74) is 5.89. The number of H-pyrrole nitrogens is 1. The third-order valence-electron chi connectivity index (χ3n) is 3.39. The molecular weight excluding hydrogens is 250 g/mol. The van der Waals surface area contributed by atoms with Crippen LogP contribution in [0.5, 0.6) is 0 Å². The average molecular weight is 265 g/mol. The van der Waals surface area contributed by atoms with Gasteiger partial charge in [-0.1, -0.05) is 0 Å². The van der Waals surface area contributed by atoms with Crippen LogP contribution in [-0.2, 0) is 9.47 Å². The summed E-state index contributed by atoms with van der Waals surface area (Å²) in [5, 5.41) is 0. The molecule has 0 amide bonds. The largest absolute Gasteiger partial charge is 0.379 e. The van der Waals surface area contributed by atoms with Crippen molar-refractivity contribution in [1.29, 1.82) is 0 Å². The van der Waals surface area contributed by atoms with Crippen molar-refractivity contribution >= 4 is 17.1 Å². The van der Waals surface area contributed by atoms with Crippen LogP contribution in [0.15, 0.2) is 11.1 Å². The summed E-state index contributed by atoms with van der Waals surface area (Å²) < 4.78 is 12.9. The van der Waals surface area contributed by atoms with Crippen molar-refractivity contribution in [1.82, 2.24) is 19.5 Å². The Labute approximate surface area is 108 Å². The van der Waals surface area contributed by atoms with Gasteiger partial charge < -0.3 is 15.2 Å². The van der Waals surface area contributed by atoms with Gasteiger partial charge >= 0.3 is 0 Å². The lowest BCUT2D eigenvalue weighted by molar-refractivity contribution is -0.0155. The Bertz CT molecular complexity index is 664. The molecule has 2 aromatic heterocycles. The average Bonchev–Trinajstić information content (AvgIpc) is 2.92. The topological polar surface area (TPSA) is 108 Å². The zero-order valence-corrected chi connectivity index (χ0v) is 10.7. The Balaban J connectivity index is 2.05. The van der Waals surface area contributed by atoms with E-state index in [2.05, 4.69) is 15.0 Å². The third-order valence-corrected chi connectivity index (χ3v) is 3.39. The fraction of sp³-hybridized carbons (Fsp3) is 0.545. The molecule has 0 bridgehead atoms. The summed E-state index contributed by atoms with van der Waals surface area (Å²) in [4.78, 5) is 22.3. The molecule has 102 valence electrons. The minimum Gasteiger partial charge on any atom is -0.379 e. The smallest absolute Gasteiger partial charge is 0.280 e. The van der Waals surface area contributed by atoms with E-state index in [1.54, 1.807) is 18.0 Å². The first-order chi connectivity index (χ1) is 9.10. The van der Waals surface area contributed by atoms with Crippen molar-refractivity contribution in [3.8, 4) is 0 Å². The number of methoxy groups -OCH3 is 1. The van der Waals surface area contributed by atoms with E-state index in [-0.39, 0.29) is 35.5 Å². The number of nitrogens with one attached hydrogen (secondary N) is 1. The second-order valence-electron chi connectivity index (χ2n) is 4.58. The number of anilines is 1. The van der Waals surface area contributed by atoms with Gasteiger partial charge in [0, 0.05) is 13.5 Å². The molecule has 1 saturated heterocycles. The van der Waals surface area contributed by atoms with E-state index in [1.165, 1.54) is 0 Å². The number of hydrogen-bond acceptors (Lipinski definition) is 6. The van der Waals surface area contributed by atoms with Crippen molar-refractivity contribution in [2.24, 2.45) is 0 Å². The summed E-state index contributed by atoms with van der Waals surface area (Å²) in [7, 11) is 1.65.